The number of nitrogens with zero attached hydrogens (tertiary/aromatic N) is 2. The molecule has 0 unspecified atom stereocenters. The van der Waals surface area contributed by atoms with Crippen LogP contribution >= 0.6 is 0 Å². The molecule has 0 radical (unpaired) electrons. The highest BCUT2D eigenvalue weighted by molar-refractivity contribution is 6.22. The highest BCUT2D eigenvalue weighted by Crippen LogP contribution is 2.26. The summed E-state index contributed by atoms with van der Waals surface area (Å²) in [4.78, 5) is 48.4. The minimum Gasteiger partial charge on any atom is -0.316 e. The molecule has 8 heteroatoms. The van der Waals surface area contributed by atoms with Crippen LogP contribution in [-0.2, 0) is 0 Å². The summed E-state index contributed by atoms with van der Waals surface area (Å²) in [5.74, 6) is -1.58. The number of nitrogens with one attached hydrogen (secondary N) is 1. The normalized spacial score (nSPS) is 12.7. The molecular formula is C18H13N3O5. The van der Waals surface area contributed by atoms with Gasteiger partial charge in [-0.15, -0.1) is 6.58 Å². The summed E-state index contributed by atoms with van der Waals surface area (Å²) in [5, 5.41) is 13.5. The number of anilines is 1. The molecule has 0 bridgehead atoms. The van der Waals surface area contributed by atoms with Crippen LogP contribution in [0.3, 0.4) is 0 Å². The summed E-state index contributed by atoms with van der Waals surface area (Å²) in [5.41, 5.74) is 0.235. The summed E-state index contributed by atoms with van der Waals surface area (Å²) in [6.45, 7) is 3.58. The van der Waals surface area contributed by atoms with Crippen LogP contribution in [-0.4, -0.2) is 34.1 Å². The minimum atomic E-state index is -0.621. The van der Waals surface area contributed by atoms with E-state index in [4.69, 9.17) is 0 Å². The first-order chi connectivity index (χ1) is 12.4. The van der Waals surface area contributed by atoms with Crippen molar-refractivity contribution in [3.63, 3.8) is 0 Å². The first-order valence-electron chi connectivity index (χ1n) is 7.60. The number of hydrogen-bond acceptors (Lipinski definition) is 5. The van der Waals surface area contributed by atoms with E-state index in [2.05, 4.69) is 11.9 Å². The van der Waals surface area contributed by atoms with Gasteiger partial charge in [-0.05, 0) is 24.3 Å². The Morgan fingerprint density at radius 1 is 1.15 bits per heavy atom. The van der Waals surface area contributed by atoms with Gasteiger partial charge in [-0.3, -0.25) is 29.4 Å². The van der Waals surface area contributed by atoms with Crippen LogP contribution < -0.4 is 5.32 Å². The van der Waals surface area contributed by atoms with E-state index in [9.17, 15) is 24.5 Å². The van der Waals surface area contributed by atoms with Crippen LogP contribution in [0.2, 0.25) is 0 Å². The first-order valence-corrected chi connectivity index (χ1v) is 7.60. The number of amides is 3. The fourth-order valence-corrected chi connectivity index (χ4v) is 2.66. The van der Waals surface area contributed by atoms with Crippen LogP contribution in [0.5, 0.6) is 0 Å². The first kappa shape index (κ1) is 17.0. The molecule has 3 rings (SSSR count). The Bertz CT molecular complexity index is 967. The molecule has 0 atom stereocenters. The van der Waals surface area contributed by atoms with Gasteiger partial charge < -0.3 is 5.32 Å². The fourth-order valence-electron chi connectivity index (χ4n) is 2.66. The van der Waals surface area contributed by atoms with Crippen LogP contribution in [0.4, 0.5) is 11.4 Å². The molecule has 2 aromatic rings. The number of imide groups is 1. The zero-order chi connectivity index (χ0) is 18.8. The minimum absolute atomic E-state index is 0.0404. The maximum absolute atomic E-state index is 12.4. The Balaban J connectivity index is 1.90. The van der Waals surface area contributed by atoms with Gasteiger partial charge in [0.05, 0.1) is 16.1 Å². The van der Waals surface area contributed by atoms with Crippen LogP contribution in [0.15, 0.2) is 55.1 Å². The molecule has 130 valence electrons. The lowest BCUT2D eigenvalue weighted by Gasteiger charge is -2.09. The van der Waals surface area contributed by atoms with Gasteiger partial charge >= 0.3 is 0 Å². The average Bonchev–Trinajstić information content (AvgIpc) is 2.87. The molecule has 0 aromatic heterocycles. The largest absolute Gasteiger partial charge is 0.316 e. The molecule has 0 saturated heterocycles. The maximum atomic E-state index is 12.4. The SMILES string of the molecule is C=CCN1C(=O)c2ccc(C(=O)Nc3ccccc3[N+](=O)[O-])cc2C1=O. The number of nitro benzene ring substituents is 1. The van der Waals surface area contributed by atoms with Crippen LogP contribution in [0.25, 0.3) is 0 Å². The van der Waals surface area contributed by atoms with Crippen molar-refractivity contribution in [2.45, 2.75) is 0 Å². The molecule has 26 heavy (non-hydrogen) atoms. The summed E-state index contributed by atoms with van der Waals surface area (Å²) in [7, 11) is 0. The fraction of sp³-hybridized carbons (Fsp3) is 0.0556. The van der Waals surface area contributed by atoms with E-state index in [-0.39, 0.29) is 34.6 Å². The van der Waals surface area contributed by atoms with Crippen molar-refractivity contribution >= 4 is 29.1 Å². The highest BCUT2D eigenvalue weighted by atomic mass is 16.6. The molecule has 1 aliphatic heterocycles. The van der Waals surface area contributed by atoms with Gasteiger partial charge in [-0.1, -0.05) is 18.2 Å². The monoisotopic (exact) mass is 351 g/mol. The summed E-state index contributed by atoms with van der Waals surface area (Å²) in [6.07, 6.45) is 1.43. The number of para-hydroxylation sites is 2. The van der Waals surface area contributed by atoms with Gasteiger partial charge in [0.1, 0.15) is 5.69 Å². The van der Waals surface area contributed by atoms with E-state index < -0.39 is 22.6 Å². The molecule has 0 aliphatic carbocycles. The second kappa shape index (κ2) is 6.60. The Morgan fingerprint density at radius 3 is 2.54 bits per heavy atom. The number of hydrogen-bond donors (Lipinski definition) is 1. The smallest absolute Gasteiger partial charge is 0.292 e. The van der Waals surface area contributed by atoms with Gasteiger partial charge in [0, 0.05) is 18.2 Å². The van der Waals surface area contributed by atoms with Gasteiger partial charge in [-0.25, -0.2) is 0 Å². The molecule has 0 fully saturated rings. The molecule has 8 nitrogen and oxygen atoms in total. The lowest BCUT2D eigenvalue weighted by molar-refractivity contribution is -0.383. The van der Waals surface area contributed by atoms with E-state index in [0.717, 1.165) is 4.90 Å². The lowest BCUT2D eigenvalue weighted by atomic mass is 10.1. The molecule has 0 spiro atoms. The van der Waals surface area contributed by atoms with E-state index in [1.165, 1.54) is 42.5 Å². The zero-order valence-electron chi connectivity index (χ0n) is 13.5. The lowest BCUT2D eigenvalue weighted by Crippen LogP contribution is -2.29. The molecule has 1 heterocycles. The van der Waals surface area contributed by atoms with Crippen molar-refractivity contribution in [2.24, 2.45) is 0 Å². The predicted octanol–water partition coefficient (Wildman–Crippen LogP) is 2.63. The molecule has 2 aromatic carbocycles. The van der Waals surface area contributed by atoms with Crippen molar-refractivity contribution in [1.29, 1.82) is 0 Å². The number of rotatable bonds is 5. The Morgan fingerprint density at radius 2 is 1.85 bits per heavy atom. The topological polar surface area (TPSA) is 110 Å². The van der Waals surface area contributed by atoms with Crippen molar-refractivity contribution in [3.8, 4) is 0 Å². The van der Waals surface area contributed by atoms with Crippen molar-refractivity contribution < 1.29 is 19.3 Å². The van der Waals surface area contributed by atoms with E-state index in [0.29, 0.717) is 0 Å². The number of carbonyl (C=O) groups excluding carboxylic acids is 3. The molecule has 1 aliphatic rings. The summed E-state index contributed by atoms with van der Waals surface area (Å²) in [6, 6.07) is 9.82. The number of fused-ring (bicyclic) bond motifs is 1. The number of nitro groups is 1. The molecule has 3 amide bonds. The van der Waals surface area contributed by atoms with Crippen LogP contribution in [0, 0.1) is 10.1 Å². The van der Waals surface area contributed by atoms with Gasteiger partial charge in [0.2, 0.25) is 0 Å². The van der Waals surface area contributed by atoms with Gasteiger partial charge in [-0.2, -0.15) is 0 Å². The Labute approximate surface area is 147 Å². The average molecular weight is 351 g/mol. The third kappa shape index (κ3) is 2.84. The second-order valence-electron chi connectivity index (χ2n) is 5.50. The summed E-state index contributed by atoms with van der Waals surface area (Å²) >= 11 is 0. The van der Waals surface area contributed by atoms with Crippen molar-refractivity contribution in [1.82, 2.24) is 4.90 Å². The molecule has 0 saturated carbocycles. The van der Waals surface area contributed by atoms with E-state index >= 15 is 0 Å². The van der Waals surface area contributed by atoms with Gasteiger partial charge in [0.25, 0.3) is 23.4 Å². The maximum Gasteiger partial charge on any atom is 0.292 e. The van der Waals surface area contributed by atoms with Crippen LogP contribution in [0.1, 0.15) is 31.1 Å². The molecule has 1 N–H and O–H groups in total. The van der Waals surface area contributed by atoms with Crippen molar-refractivity contribution in [3.05, 3.63) is 81.9 Å². The number of benzene rings is 2. The standard InChI is InChI=1S/C18H13N3O5/c1-2-9-20-17(23)12-8-7-11(10-13(12)18(20)24)16(22)19-14-5-3-4-6-15(14)21(25)26/h2-8,10H,1,9H2,(H,19,22). The van der Waals surface area contributed by atoms with Crippen molar-refractivity contribution in [2.75, 3.05) is 11.9 Å². The third-order valence-electron chi connectivity index (χ3n) is 3.89. The highest BCUT2D eigenvalue weighted by Gasteiger charge is 2.35. The zero-order valence-corrected chi connectivity index (χ0v) is 13.5. The Hall–Kier alpha value is -3.81. The Kier molecular flexibility index (Phi) is 4.32. The van der Waals surface area contributed by atoms with E-state index in [1.807, 2.05) is 0 Å². The number of carbonyl (C=O) groups is 3. The predicted molar refractivity (Wildman–Crippen MR) is 93.1 cm³/mol. The third-order valence-corrected chi connectivity index (χ3v) is 3.89. The second-order valence-corrected chi connectivity index (χ2v) is 5.50. The van der Waals surface area contributed by atoms with E-state index in [1.54, 1.807) is 6.07 Å². The quantitative estimate of drug-likeness (QED) is 0.385. The summed E-state index contributed by atoms with van der Waals surface area (Å²) < 4.78 is 0. The molecular weight excluding hydrogens is 338 g/mol. The van der Waals surface area contributed by atoms with Gasteiger partial charge in [0.15, 0.2) is 0 Å².